The molecule has 0 saturated heterocycles. The van der Waals surface area contributed by atoms with E-state index in [1.807, 2.05) is 29.7 Å². The Morgan fingerprint density at radius 2 is 1.75 bits per heavy atom. The molecule has 6 heteroatoms. The van der Waals surface area contributed by atoms with Gasteiger partial charge in [-0.15, -0.1) is 0 Å². The highest BCUT2D eigenvalue weighted by molar-refractivity contribution is 7.71. The third-order valence-electron chi connectivity index (χ3n) is 3.16. The Balaban J connectivity index is 2.41. The van der Waals surface area contributed by atoms with Crippen LogP contribution >= 0.6 is 47.0 Å². The van der Waals surface area contributed by atoms with E-state index in [9.17, 15) is 0 Å². The highest BCUT2D eigenvalue weighted by Crippen LogP contribution is 2.33. The third-order valence-corrected chi connectivity index (χ3v) is 4.47. The average molecular weight is 344 g/mol. The Morgan fingerprint density at radius 1 is 1.05 bits per heavy atom. The molecule has 0 aliphatic rings. The number of aryl methyl sites for hydroxylation is 1. The van der Waals surface area contributed by atoms with Crippen LogP contribution in [0.25, 0.3) is 16.7 Å². The maximum atomic E-state index is 6.28. The molecule has 2 nitrogen and oxygen atoms in total. The van der Waals surface area contributed by atoms with Gasteiger partial charge in [-0.25, -0.2) is 0 Å². The second-order valence-corrected chi connectivity index (χ2v) is 6.06. The number of aromatic nitrogens is 2. The summed E-state index contributed by atoms with van der Waals surface area (Å²) in [5.41, 5.74) is 3.77. The number of para-hydroxylation sites is 1. The first-order chi connectivity index (χ1) is 9.49. The van der Waals surface area contributed by atoms with Crippen LogP contribution < -0.4 is 0 Å². The Bertz CT molecular complexity index is 880. The van der Waals surface area contributed by atoms with E-state index in [1.165, 1.54) is 0 Å². The number of H-pyrrole nitrogens is 1. The number of nitrogens with zero attached hydrogens (tertiary/aromatic N) is 1. The number of benzene rings is 2. The van der Waals surface area contributed by atoms with E-state index < -0.39 is 0 Å². The van der Waals surface area contributed by atoms with Gasteiger partial charge in [0.2, 0.25) is 0 Å². The Hall–Kier alpha value is -1.000. The van der Waals surface area contributed by atoms with Gasteiger partial charge in [0.1, 0.15) is 0 Å². The molecule has 2 aromatic carbocycles. The second-order valence-electron chi connectivity index (χ2n) is 4.45. The number of nitrogens with one attached hydrogen (secondary N) is 1. The van der Waals surface area contributed by atoms with Gasteiger partial charge in [-0.05, 0) is 42.9 Å². The zero-order valence-corrected chi connectivity index (χ0v) is 13.5. The van der Waals surface area contributed by atoms with Crippen molar-refractivity contribution in [1.82, 2.24) is 9.55 Å². The Labute approximate surface area is 135 Å². The molecule has 3 aromatic rings. The van der Waals surface area contributed by atoms with Crippen LogP contribution in [-0.4, -0.2) is 9.55 Å². The minimum Gasteiger partial charge on any atom is -0.330 e. The van der Waals surface area contributed by atoms with Crippen molar-refractivity contribution >= 4 is 58.1 Å². The zero-order valence-electron chi connectivity index (χ0n) is 10.4. The Kier molecular flexibility index (Phi) is 3.55. The van der Waals surface area contributed by atoms with Crippen LogP contribution in [0.5, 0.6) is 0 Å². The van der Waals surface area contributed by atoms with E-state index in [4.69, 9.17) is 47.0 Å². The molecule has 0 saturated carbocycles. The molecular weight excluding hydrogens is 335 g/mol. The molecule has 1 N–H and O–H groups in total. The predicted molar refractivity (Wildman–Crippen MR) is 88.2 cm³/mol. The van der Waals surface area contributed by atoms with Gasteiger partial charge >= 0.3 is 0 Å². The van der Waals surface area contributed by atoms with Crippen molar-refractivity contribution in [2.24, 2.45) is 0 Å². The molecule has 0 amide bonds. The highest BCUT2D eigenvalue weighted by Gasteiger charge is 2.13. The summed E-state index contributed by atoms with van der Waals surface area (Å²) in [4.78, 5) is 3.20. The number of fused-ring (bicyclic) bond motifs is 1. The average Bonchev–Trinajstić information content (AvgIpc) is 2.72. The second kappa shape index (κ2) is 5.08. The zero-order chi connectivity index (χ0) is 14.4. The number of imidazole rings is 1. The largest absolute Gasteiger partial charge is 0.330 e. The first kappa shape index (κ1) is 14.0. The summed E-state index contributed by atoms with van der Waals surface area (Å²) < 4.78 is 2.43. The standard InChI is InChI=1S/C14H9Cl3N2S/c1-7-3-2-4-11-13(7)18-14(20)19(11)12-6-9(16)8(15)5-10(12)17/h2-6H,1H3,(H,18,20). The summed E-state index contributed by atoms with van der Waals surface area (Å²) in [7, 11) is 0. The van der Waals surface area contributed by atoms with Gasteiger partial charge < -0.3 is 4.98 Å². The van der Waals surface area contributed by atoms with Crippen molar-refractivity contribution in [2.75, 3.05) is 0 Å². The first-order valence-electron chi connectivity index (χ1n) is 5.84. The minimum absolute atomic E-state index is 0.419. The lowest BCUT2D eigenvalue weighted by Crippen LogP contribution is -1.95. The minimum atomic E-state index is 0.419. The number of rotatable bonds is 1. The van der Waals surface area contributed by atoms with Gasteiger partial charge in [-0.1, -0.05) is 46.9 Å². The highest BCUT2D eigenvalue weighted by atomic mass is 35.5. The fraction of sp³-hybridized carbons (Fsp3) is 0.0714. The lowest BCUT2D eigenvalue weighted by Gasteiger charge is -2.09. The van der Waals surface area contributed by atoms with Gasteiger partial charge in [0, 0.05) is 0 Å². The summed E-state index contributed by atoms with van der Waals surface area (Å²) in [6.45, 7) is 2.02. The van der Waals surface area contributed by atoms with Crippen LogP contribution in [0.2, 0.25) is 15.1 Å². The van der Waals surface area contributed by atoms with Crippen LogP contribution in [0, 0.1) is 11.7 Å². The summed E-state index contributed by atoms with van der Waals surface area (Å²) in [5.74, 6) is 0. The molecule has 20 heavy (non-hydrogen) atoms. The predicted octanol–water partition coefficient (Wildman–Crippen LogP) is 5.96. The van der Waals surface area contributed by atoms with Gasteiger partial charge in [0.05, 0.1) is 31.8 Å². The fourth-order valence-electron chi connectivity index (χ4n) is 2.20. The van der Waals surface area contributed by atoms with Crippen molar-refractivity contribution in [3.63, 3.8) is 0 Å². The SMILES string of the molecule is Cc1cccc2c1[nH]c(=S)n2-c1cc(Cl)c(Cl)cc1Cl. The van der Waals surface area contributed by atoms with E-state index in [1.54, 1.807) is 12.1 Å². The normalized spacial score (nSPS) is 11.2. The smallest absolute Gasteiger partial charge is 0.182 e. The van der Waals surface area contributed by atoms with E-state index >= 15 is 0 Å². The number of aromatic amines is 1. The lowest BCUT2D eigenvalue weighted by molar-refractivity contribution is 1.07. The monoisotopic (exact) mass is 342 g/mol. The summed E-state index contributed by atoms with van der Waals surface area (Å²) in [5, 5.41) is 1.36. The molecule has 1 heterocycles. The molecule has 0 radical (unpaired) electrons. The summed E-state index contributed by atoms with van der Waals surface area (Å²) >= 11 is 23.7. The fourth-order valence-corrected chi connectivity index (χ4v) is 3.12. The number of hydrogen-bond acceptors (Lipinski definition) is 1. The van der Waals surface area contributed by atoms with Gasteiger partial charge in [0.25, 0.3) is 0 Å². The lowest BCUT2D eigenvalue weighted by atomic mass is 10.2. The van der Waals surface area contributed by atoms with Crippen LogP contribution in [0.1, 0.15) is 5.56 Å². The molecule has 0 unspecified atom stereocenters. The maximum Gasteiger partial charge on any atom is 0.182 e. The van der Waals surface area contributed by atoms with Crippen molar-refractivity contribution in [3.8, 4) is 5.69 Å². The molecule has 0 fully saturated rings. The van der Waals surface area contributed by atoms with Crippen LogP contribution in [0.3, 0.4) is 0 Å². The van der Waals surface area contributed by atoms with E-state index in [2.05, 4.69) is 4.98 Å². The van der Waals surface area contributed by atoms with Crippen molar-refractivity contribution in [1.29, 1.82) is 0 Å². The van der Waals surface area contributed by atoms with Crippen LogP contribution in [-0.2, 0) is 0 Å². The van der Waals surface area contributed by atoms with E-state index in [0.29, 0.717) is 25.5 Å². The molecule has 1 aromatic heterocycles. The number of hydrogen-bond donors (Lipinski definition) is 1. The van der Waals surface area contributed by atoms with Crippen molar-refractivity contribution in [2.45, 2.75) is 6.92 Å². The molecule has 0 aliphatic carbocycles. The summed E-state index contributed by atoms with van der Waals surface area (Å²) in [6.07, 6.45) is 0. The summed E-state index contributed by atoms with van der Waals surface area (Å²) in [6, 6.07) is 9.32. The van der Waals surface area contributed by atoms with Crippen molar-refractivity contribution in [3.05, 3.63) is 55.7 Å². The molecule has 102 valence electrons. The first-order valence-corrected chi connectivity index (χ1v) is 7.38. The van der Waals surface area contributed by atoms with E-state index in [-0.39, 0.29) is 0 Å². The van der Waals surface area contributed by atoms with Crippen molar-refractivity contribution < 1.29 is 0 Å². The van der Waals surface area contributed by atoms with Gasteiger partial charge in [-0.2, -0.15) is 0 Å². The molecular formula is C14H9Cl3N2S. The molecule has 3 rings (SSSR count). The molecule has 0 bridgehead atoms. The molecule has 0 aliphatic heterocycles. The van der Waals surface area contributed by atoms with E-state index in [0.717, 1.165) is 16.6 Å². The van der Waals surface area contributed by atoms with Crippen LogP contribution in [0.15, 0.2) is 30.3 Å². The van der Waals surface area contributed by atoms with Gasteiger partial charge in [0.15, 0.2) is 4.77 Å². The topological polar surface area (TPSA) is 20.7 Å². The maximum absolute atomic E-state index is 6.28. The molecule has 0 spiro atoms. The Morgan fingerprint density at radius 3 is 2.50 bits per heavy atom. The van der Waals surface area contributed by atoms with Crippen LogP contribution in [0.4, 0.5) is 0 Å². The quantitative estimate of drug-likeness (QED) is 0.427. The third kappa shape index (κ3) is 2.15. The number of halogens is 3. The van der Waals surface area contributed by atoms with Gasteiger partial charge in [-0.3, -0.25) is 4.57 Å². The molecule has 0 atom stereocenters.